The lowest BCUT2D eigenvalue weighted by Gasteiger charge is -2.35. The highest BCUT2D eigenvalue weighted by molar-refractivity contribution is 7.17. The van der Waals surface area contributed by atoms with Crippen molar-refractivity contribution >= 4 is 40.1 Å². The third-order valence-electron chi connectivity index (χ3n) is 6.31. The zero-order valence-electron chi connectivity index (χ0n) is 20.8. The molecule has 3 rings (SSSR count). The number of rotatable bonds is 6. The Bertz CT molecular complexity index is 940. The zero-order chi connectivity index (χ0) is 25.0. The van der Waals surface area contributed by atoms with Gasteiger partial charge in [-0.15, -0.1) is 11.3 Å². The molecule has 188 valence electrons. The highest BCUT2D eigenvalue weighted by atomic mass is 32.1. The Morgan fingerprint density at radius 2 is 1.76 bits per heavy atom. The van der Waals surface area contributed by atoms with Gasteiger partial charge in [0.15, 0.2) is 6.10 Å². The molecule has 1 aromatic heterocycles. The molecule has 2 amide bonds. The molecule has 1 saturated heterocycles. The van der Waals surface area contributed by atoms with Gasteiger partial charge >= 0.3 is 11.9 Å². The Labute approximate surface area is 205 Å². The number of amides is 2. The molecule has 0 bridgehead atoms. The quantitative estimate of drug-likeness (QED) is 0.603. The number of nitrogens with zero attached hydrogens (tertiary/aromatic N) is 1. The number of piperidine rings is 1. The van der Waals surface area contributed by atoms with Crippen LogP contribution in [0.25, 0.3) is 0 Å². The molecule has 0 radical (unpaired) electrons. The summed E-state index contributed by atoms with van der Waals surface area (Å²) in [6, 6.07) is 0. The summed E-state index contributed by atoms with van der Waals surface area (Å²) in [5, 5.41) is 3.27. The second-order valence-corrected chi connectivity index (χ2v) is 11.1. The Kier molecular flexibility index (Phi) is 8.38. The minimum absolute atomic E-state index is 0.0723. The molecule has 0 unspecified atom stereocenters. The summed E-state index contributed by atoms with van der Waals surface area (Å²) < 4.78 is 10.7. The number of hydrogen-bond donors (Lipinski definition) is 1. The van der Waals surface area contributed by atoms with Gasteiger partial charge in [0, 0.05) is 23.4 Å². The lowest BCUT2D eigenvalue weighted by molar-refractivity contribution is -0.160. The van der Waals surface area contributed by atoms with Crippen LogP contribution in [0.2, 0.25) is 0 Å². The fourth-order valence-electron chi connectivity index (χ4n) is 4.40. The SMILES string of the molecule is CCOC(=O)c1c(NC(=O)[C@@H](C)OC(=O)C2CCN(C(=O)C(C)(C)C)CC2)sc2c1CCCC2. The number of nitrogens with one attached hydrogen (secondary N) is 1. The molecule has 0 aromatic carbocycles. The molecule has 0 spiro atoms. The fourth-order valence-corrected chi connectivity index (χ4v) is 5.68. The molecule has 1 atom stereocenters. The van der Waals surface area contributed by atoms with Crippen molar-refractivity contribution in [3.63, 3.8) is 0 Å². The lowest BCUT2D eigenvalue weighted by Crippen LogP contribution is -2.45. The molecule has 9 heteroatoms. The molecule has 34 heavy (non-hydrogen) atoms. The van der Waals surface area contributed by atoms with Crippen molar-refractivity contribution in [2.45, 2.75) is 79.2 Å². The Balaban J connectivity index is 1.59. The van der Waals surface area contributed by atoms with Gasteiger partial charge in [0.05, 0.1) is 18.1 Å². The first kappa shape index (κ1) is 26.2. The molecular weight excluding hydrogens is 456 g/mol. The number of ether oxygens (including phenoxy) is 2. The van der Waals surface area contributed by atoms with E-state index in [4.69, 9.17) is 9.47 Å². The molecule has 0 saturated carbocycles. The third kappa shape index (κ3) is 5.98. The van der Waals surface area contributed by atoms with E-state index in [1.165, 1.54) is 18.3 Å². The van der Waals surface area contributed by atoms with Crippen LogP contribution in [0.15, 0.2) is 0 Å². The number of fused-ring (bicyclic) bond motifs is 1. The first-order valence-electron chi connectivity index (χ1n) is 12.1. The highest BCUT2D eigenvalue weighted by Crippen LogP contribution is 2.38. The van der Waals surface area contributed by atoms with Crippen LogP contribution in [0.3, 0.4) is 0 Å². The van der Waals surface area contributed by atoms with E-state index in [9.17, 15) is 19.2 Å². The number of likely N-dealkylation sites (tertiary alicyclic amines) is 1. The van der Waals surface area contributed by atoms with Crippen LogP contribution < -0.4 is 5.32 Å². The minimum atomic E-state index is -1.00. The number of esters is 2. The van der Waals surface area contributed by atoms with Crippen molar-refractivity contribution in [3.05, 3.63) is 16.0 Å². The van der Waals surface area contributed by atoms with E-state index in [1.54, 1.807) is 11.8 Å². The van der Waals surface area contributed by atoms with Gasteiger partial charge in [-0.2, -0.15) is 0 Å². The van der Waals surface area contributed by atoms with Crippen LogP contribution in [0.4, 0.5) is 5.00 Å². The second-order valence-electron chi connectivity index (χ2n) is 10.0. The van der Waals surface area contributed by atoms with E-state index < -0.39 is 29.4 Å². The number of anilines is 1. The van der Waals surface area contributed by atoms with Crippen LogP contribution in [0.5, 0.6) is 0 Å². The van der Waals surface area contributed by atoms with Gasteiger partial charge in [0.25, 0.3) is 5.91 Å². The Morgan fingerprint density at radius 3 is 2.38 bits per heavy atom. The van der Waals surface area contributed by atoms with Crippen LogP contribution in [0.1, 0.15) is 81.1 Å². The van der Waals surface area contributed by atoms with E-state index in [0.29, 0.717) is 36.5 Å². The van der Waals surface area contributed by atoms with Gasteiger partial charge in [-0.25, -0.2) is 4.79 Å². The highest BCUT2D eigenvalue weighted by Gasteiger charge is 2.34. The van der Waals surface area contributed by atoms with E-state index in [2.05, 4.69) is 5.32 Å². The van der Waals surface area contributed by atoms with E-state index in [1.807, 2.05) is 20.8 Å². The molecule has 1 aliphatic carbocycles. The molecule has 1 aliphatic heterocycles. The maximum atomic E-state index is 12.8. The number of aryl methyl sites for hydroxylation is 1. The van der Waals surface area contributed by atoms with Gasteiger partial charge in [0.1, 0.15) is 5.00 Å². The van der Waals surface area contributed by atoms with Crippen molar-refractivity contribution in [2.24, 2.45) is 11.3 Å². The Morgan fingerprint density at radius 1 is 1.12 bits per heavy atom. The third-order valence-corrected chi connectivity index (χ3v) is 7.51. The predicted molar refractivity (Wildman–Crippen MR) is 130 cm³/mol. The van der Waals surface area contributed by atoms with Crippen molar-refractivity contribution < 1.29 is 28.7 Å². The summed E-state index contributed by atoms with van der Waals surface area (Å²) in [4.78, 5) is 53.5. The van der Waals surface area contributed by atoms with Gasteiger partial charge in [-0.1, -0.05) is 20.8 Å². The van der Waals surface area contributed by atoms with E-state index in [0.717, 1.165) is 36.1 Å². The molecule has 8 nitrogen and oxygen atoms in total. The van der Waals surface area contributed by atoms with Crippen LogP contribution in [-0.2, 0) is 36.7 Å². The molecule has 2 heterocycles. The Hall–Kier alpha value is -2.42. The molecule has 2 aliphatic rings. The first-order valence-corrected chi connectivity index (χ1v) is 13.0. The fraction of sp³-hybridized carbons (Fsp3) is 0.680. The number of carbonyl (C=O) groups is 4. The molecule has 1 aromatic rings. The zero-order valence-corrected chi connectivity index (χ0v) is 21.6. The average molecular weight is 493 g/mol. The van der Waals surface area contributed by atoms with E-state index >= 15 is 0 Å². The second kappa shape index (κ2) is 10.9. The van der Waals surface area contributed by atoms with Crippen LogP contribution in [0, 0.1) is 11.3 Å². The summed E-state index contributed by atoms with van der Waals surface area (Å²) in [5.41, 5.74) is 0.944. The summed E-state index contributed by atoms with van der Waals surface area (Å²) in [5.74, 6) is -1.61. The van der Waals surface area contributed by atoms with Crippen LogP contribution in [-0.4, -0.2) is 54.5 Å². The smallest absolute Gasteiger partial charge is 0.341 e. The summed E-state index contributed by atoms with van der Waals surface area (Å²) >= 11 is 1.40. The maximum absolute atomic E-state index is 12.8. The standard InChI is InChI=1S/C25H36N2O6S/c1-6-32-23(30)19-17-9-7-8-10-18(17)34-21(19)26-20(28)15(2)33-22(29)16-11-13-27(14-12-16)24(31)25(3,4)5/h15-16H,6-14H2,1-5H3,(H,26,28)/t15-/m1/s1. The maximum Gasteiger partial charge on any atom is 0.341 e. The van der Waals surface area contributed by atoms with Gasteiger partial charge in [-0.3, -0.25) is 14.4 Å². The summed E-state index contributed by atoms with van der Waals surface area (Å²) in [6.45, 7) is 10.2. The molecular formula is C25H36N2O6S. The molecule has 1 fully saturated rings. The summed E-state index contributed by atoms with van der Waals surface area (Å²) in [6.07, 6.45) is 3.74. The first-order chi connectivity index (χ1) is 16.0. The predicted octanol–water partition coefficient (Wildman–Crippen LogP) is 3.96. The van der Waals surface area contributed by atoms with E-state index in [-0.39, 0.29) is 18.4 Å². The lowest BCUT2D eigenvalue weighted by atomic mass is 9.91. The van der Waals surface area contributed by atoms with Crippen molar-refractivity contribution in [3.8, 4) is 0 Å². The number of carbonyl (C=O) groups excluding carboxylic acids is 4. The van der Waals surface area contributed by atoms with Gasteiger partial charge in [-0.05, 0) is 57.9 Å². The summed E-state index contributed by atoms with van der Waals surface area (Å²) in [7, 11) is 0. The van der Waals surface area contributed by atoms with Crippen LogP contribution >= 0.6 is 11.3 Å². The topological polar surface area (TPSA) is 102 Å². The normalized spacial score (nSPS) is 17.5. The van der Waals surface area contributed by atoms with Gasteiger partial charge < -0.3 is 19.7 Å². The number of hydrogen-bond acceptors (Lipinski definition) is 7. The minimum Gasteiger partial charge on any atom is -0.462 e. The van der Waals surface area contributed by atoms with Crippen molar-refractivity contribution in [1.29, 1.82) is 0 Å². The van der Waals surface area contributed by atoms with Crippen molar-refractivity contribution in [1.82, 2.24) is 4.90 Å². The average Bonchev–Trinajstić information content (AvgIpc) is 3.16. The monoisotopic (exact) mass is 492 g/mol. The largest absolute Gasteiger partial charge is 0.462 e. The molecule has 1 N–H and O–H groups in total. The number of thiophene rings is 1. The van der Waals surface area contributed by atoms with Gasteiger partial charge in [0.2, 0.25) is 5.91 Å². The van der Waals surface area contributed by atoms with Crippen molar-refractivity contribution in [2.75, 3.05) is 25.0 Å².